The first-order chi connectivity index (χ1) is 15.8. The van der Waals surface area contributed by atoms with Gasteiger partial charge in [-0.2, -0.15) is 5.26 Å². The lowest BCUT2D eigenvalue weighted by molar-refractivity contribution is -0.124. The average Bonchev–Trinajstić information content (AvgIpc) is 3.50. The Kier molecular flexibility index (Phi) is 5.37. The van der Waals surface area contributed by atoms with Crippen LogP contribution in [0.2, 0.25) is 0 Å². The van der Waals surface area contributed by atoms with Crippen molar-refractivity contribution < 1.29 is 18.4 Å². The molecule has 0 radical (unpaired) electrons. The lowest BCUT2D eigenvalue weighted by Crippen LogP contribution is -2.50. The van der Waals surface area contributed by atoms with Crippen molar-refractivity contribution >= 4 is 17.5 Å². The van der Waals surface area contributed by atoms with Crippen LogP contribution in [0.5, 0.6) is 0 Å². The molecule has 2 heterocycles. The van der Waals surface area contributed by atoms with Gasteiger partial charge in [0.05, 0.1) is 18.5 Å². The van der Waals surface area contributed by atoms with E-state index in [9.17, 15) is 23.6 Å². The number of nitriles is 1. The van der Waals surface area contributed by atoms with Crippen molar-refractivity contribution in [3.05, 3.63) is 53.1 Å². The zero-order valence-electron chi connectivity index (χ0n) is 18.2. The third kappa shape index (κ3) is 3.87. The number of benzene rings is 2. The second-order valence-corrected chi connectivity index (χ2v) is 9.20. The average molecular weight is 450 g/mol. The van der Waals surface area contributed by atoms with Crippen molar-refractivity contribution in [3.8, 4) is 17.2 Å². The van der Waals surface area contributed by atoms with Gasteiger partial charge in [-0.25, -0.2) is 8.78 Å². The maximum atomic E-state index is 14.9. The van der Waals surface area contributed by atoms with Crippen LogP contribution < -0.4 is 15.5 Å². The van der Waals surface area contributed by atoms with E-state index < -0.39 is 17.7 Å². The zero-order valence-corrected chi connectivity index (χ0v) is 18.2. The Labute approximate surface area is 190 Å². The minimum absolute atomic E-state index is 0.0277. The molecule has 2 N–H and O–H groups in total. The molecule has 33 heavy (non-hydrogen) atoms. The molecule has 1 saturated heterocycles. The predicted octanol–water partition coefficient (Wildman–Crippen LogP) is 2.84. The summed E-state index contributed by atoms with van der Waals surface area (Å²) in [6.07, 6.45) is 3.03. The van der Waals surface area contributed by atoms with E-state index in [1.165, 1.54) is 17.0 Å². The van der Waals surface area contributed by atoms with Gasteiger partial charge in [0.15, 0.2) is 0 Å². The Morgan fingerprint density at radius 2 is 2.00 bits per heavy atom. The highest BCUT2D eigenvalue weighted by Crippen LogP contribution is 2.36. The fraction of sp³-hybridized carbons (Fsp3) is 0.400. The van der Waals surface area contributed by atoms with Crippen molar-refractivity contribution in [2.75, 3.05) is 11.9 Å². The number of carbonyl (C=O) groups is 2. The van der Waals surface area contributed by atoms with Crippen LogP contribution in [0.3, 0.4) is 0 Å². The number of hydrogen-bond acceptors (Lipinski definition) is 4. The number of anilines is 1. The summed E-state index contributed by atoms with van der Waals surface area (Å²) in [7, 11) is 1.67. The van der Waals surface area contributed by atoms with Crippen LogP contribution in [0.25, 0.3) is 11.1 Å². The van der Waals surface area contributed by atoms with Crippen LogP contribution in [0.15, 0.2) is 30.3 Å². The third-order valence-electron chi connectivity index (χ3n) is 7.16. The molecule has 0 spiro atoms. The molecule has 170 valence electrons. The standard InChI is InChI=1S/C25H24F2N4O2/c1-31-22-9-13(2-3-14(22)10-23(31)32)16-7-20(26)19(21(27)8-16)11-18(12-28)30-25(33)24-15-4-5-17(6-15)29-24/h2-3,7-9,15,17-18,24,29H,4-6,10-11H2,1H3,(H,30,33)/t15?,17?,18?,24-/m0/s1. The zero-order chi connectivity index (χ0) is 23.3. The number of rotatable bonds is 5. The van der Waals surface area contributed by atoms with Gasteiger partial charge in [0.1, 0.15) is 17.7 Å². The summed E-state index contributed by atoms with van der Waals surface area (Å²) in [4.78, 5) is 26.0. The van der Waals surface area contributed by atoms with Crippen LogP contribution in [0.1, 0.15) is 30.4 Å². The maximum absolute atomic E-state index is 14.9. The molecular weight excluding hydrogens is 426 g/mol. The van der Waals surface area contributed by atoms with Crippen molar-refractivity contribution in [1.82, 2.24) is 10.6 Å². The molecule has 6 nitrogen and oxygen atoms in total. The first kappa shape index (κ1) is 21.5. The van der Waals surface area contributed by atoms with Crippen molar-refractivity contribution in [2.24, 2.45) is 5.92 Å². The molecule has 2 aliphatic heterocycles. The summed E-state index contributed by atoms with van der Waals surface area (Å²) in [5.74, 6) is -1.61. The summed E-state index contributed by atoms with van der Waals surface area (Å²) >= 11 is 0. The third-order valence-corrected chi connectivity index (χ3v) is 7.16. The van der Waals surface area contributed by atoms with Crippen LogP contribution >= 0.6 is 0 Å². The number of nitrogens with zero attached hydrogens (tertiary/aromatic N) is 2. The normalized spacial score (nSPS) is 24.0. The van der Waals surface area contributed by atoms with Gasteiger partial charge in [-0.05, 0) is 60.1 Å². The lowest BCUT2D eigenvalue weighted by atomic mass is 9.97. The van der Waals surface area contributed by atoms with Gasteiger partial charge in [-0.15, -0.1) is 0 Å². The van der Waals surface area contributed by atoms with Crippen LogP contribution in [-0.2, 0) is 22.4 Å². The first-order valence-corrected chi connectivity index (χ1v) is 11.2. The minimum atomic E-state index is -1.03. The summed E-state index contributed by atoms with van der Waals surface area (Å²) < 4.78 is 29.9. The number of halogens is 2. The van der Waals surface area contributed by atoms with Crippen molar-refractivity contribution in [2.45, 2.75) is 50.2 Å². The second kappa shape index (κ2) is 8.23. The predicted molar refractivity (Wildman–Crippen MR) is 118 cm³/mol. The molecule has 1 aliphatic carbocycles. The molecule has 2 amide bonds. The molecule has 1 saturated carbocycles. The molecule has 2 aromatic carbocycles. The van der Waals surface area contributed by atoms with Crippen LogP contribution in [0, 0.1) is 28.9 Å². The minimum Gasteiger partial charge on any atom is -0.339 e. The Morgan fingerprint density at radius 1 is 1.24 bits per heavy atom. The maximum Gasteiger partial charge on any atom is 0.238 e. The SMILES string of the molecule is CN1C(=O)Cc2ccc(-c3cc(F)c(CC(C#N)NC(=O)[C@H]4NC5CCC4C5)c(F)c3)cc21. The summed E-state index contributed by atoms with van der Waals surface area (Å²) in [5, 5.41) is 15.4. The summed E-state index contributed by atoms with van der Waals surface area (Å²) in [6, 6.07) is 8.64. The smallest absolute Gasteiger partial charge is 0.238 e. The number of hydrogen-bond donors (Lipinski definition) is 2. The van der Waals surface area contributed by atoms with E-state index >= 15 is 0 Å². The monoisotopic (exact) mass is 450 g/mol. The van der Waals surface area contributed by atoms with E-state index in [2.05, 4.69) is 10.6 Å². The fourth-order valence-corrected chi connectivity index (χ4v) is 5.33. The van der Waals surface area contributed by atoms with Crippen LogP contribution in [-0.4, -0.2) is 37.0 Å². The van der Waals surface area contributed by atoms with Gasteiger partial charge >= 0.3 is 0 Å². The summed E-state index contributed by atoms with van der Waals surface area (Å²) in [6.45, 7) is 0. The van der Waals surface area contributed by atoms with Gasteiger partial charge < -0.3 is 15.5 Å². The van der Waals surface area contributed by atoms with E-state index in [1.54, 1.807) is 25.2 Å². The Hall–Kier alpha value is -3.31. The number of fused-ring (bicyclic) bond motifs is 3. The number of carbonyl (C=O) groups excluding carboxylic acids is 2. The molecule has 2 fully saturated rings. The van der Waals surface area contributed by atoms with E-state index in [-0.39, 0.29) is 35.8 Å². The highest BCUT2D eigenvalue weighted by molar-refractivity contribution is 6.01. The highest BCUT2D eigenvalue weighted by atomic mass is 19.1. The number of likely N-dealkylation sites (N-methyl/N-ethyl adjacent to an activating group) is 1. The summed E-state index contributed by atoms with van der Waals surface area (Å²) in [5.41, 5.74) is 2.30. The van der Waals surface area contributed by atoms with E-state index in [0.29, 0.717) is 23.6 Å². The van der Waals surface area contributed by atoms with E-state index in [1.807, 2.05) is 6.07 Å². The first-order valence-electron chi connectivity index (χ1n) is 11.2. The van der Waals surface area contributed by atoms with E-state index in [0.717, 1.165) is 30.5 Å². The van der Waals surface area contributed by atoms with E-state index in [4.69, 9.17) is 0 Å². The Bertz CT molecular complexity index is 1170. The van der Waals surface area contributed by atoms with Gasteiger partial charge in [0, 0.05) is 30.8 Å². The molecule has 4 atom stereocenters. The van der Waals surface area contributed by atoms with Gasteiger partial charge in [0.2, 0.25) is 11.8 Å². The highest BCUT2D eigenvalue weighted by Gasteiger charge is 2.43. The van der Waals surface area contributed by atoms with Gasteiger partial charge in [0.25, 0.3) is 0 Å². The van der Waals surface area contributed by atoms with Gasteiger partial charge in [-0.1, -0.05) is 12.1 Å². The largest absolute Gasteiger partial charge is 0.339 e. The molecule has 0 aromatic heterocycles. The van der Waals surface area contributed by atoms with Crippen molar-refractivity contribution in [1.29, 1.82) is 5.26 Å². The molecule has 3 unspecified atom stereocenters. The second-order valence-electron chi connectivity index (χ2n) is 9.20. The van der Waals surface area contributed by atoms with Crippen molar-refractivity contribution in [3.63, 3.8) is 0 Å². The number of piperidine rings is 1. The molecule has 2 bridgehead atoms. The number of nitrogens with one attached hydrogen (secondary N) is 2. The molecule has 8 heteroatoms. The topological polar surface area (TPSA) is 85.2 Å². The lowest BCUT2D eigenvalue weighted by Gasteiger charge is -2.23. The fourth-order valence-electron chi connectivity index (χ4n) is 5.33. The van der Waals surface area contributed by atoms with Crippen LogP contribution in [0.4, 0.5) is 14.5 Å². The Balaban J connectivity index is 1.33. The molecule has 2 aromatic rings. The molecular formula is C25H24F2N4O2. The quantitative estimate of drug-likeness (QED) is 0.734. The Morgan fingerprint density at radius 3 is 2.64 bits per heavy atom. The molecule has 3 aliphatic rings. The van der Waals surface area contributed by atoms with Gasteiger partial charge in [-0.3, -0.25) is 9.59 Å². The number of amides is 2. The molecule has 5 rings (SSSR count).